The van der Waals surface area contributed by atoms with Crippen molar-refractivity contribution in [3.05, 3.63) is 120 Å². The molecule has 2 heterocycles. The molecule has 0 bridgehead atoms. The molecule has 0 aliphatic heterocycles. The van der Waals surface area contributed by atoms with E-state index in [-0.39, 0.29) is 0 Å². The average Bonchev–Trinajstić information content (AvgIpc) is 2.82. The predicted molar refractivity (Wildman–Crippen MR) is 128 cm³/mol. The van der Waals surface area contributed by atoms with Gasteiger partial charge in [-0.3, -0.25) is 9.97 Å². The summed E-state index contributed by atoms with van der Waals surface area (Å²) in [6.07, 6.45) is 16.0. The Morgan fingerprint density at radius 3 is 1.07 bits per heavy atom. The van der Waals surface area contributed by atoms with Crippen molar-refractivity contribution in [2.75, 3.05) is 0 Å². The lowest BCUT2D eigenvalue weighted by atomic mass is 9.91. The van der Waals surface area contributed by atoms with Crippen molar-refractivity contribution >= 4 is 45.8 Å². The van der Waals surface area contributed by atoms with Gasteiger partial charge in [0.25, 0.3) is 0 Å². The number of fused-ring (bicyclic) bond motifs is 2. The highest BCUT2D eigenvalue weighted by Gasteiger charge is 2.10. The molecule has 0 amide bonds. The van der Waals surface area contributed by atoms with Crippen molar-refractivity contribution in [2.24, 2.45) is 0 Å². The number of hydrogen-bond acceptors (Lipinski definition) is 2. The molecule has 0 radical (unpaired) electrons. The summed E-state index contributed by atoms with van der Waals surface area (Å²) in [6, 6.07) is 25.3. The molecule has 0 unspecified atom stereocenters. The van der Waals surface area contributed by atoms with Crippen molar-refractivity contribution in [3.63, 3.8) is 0 Å². The van der Waals surface area contributed by atoms with Gasteiger partial charge < -0.3 is 0 Å². The molecule has 0 saturated carbocycles. The van der Waals surface area contributed by atoms with Gasteiger partial charge in [0.2, 0.25) is 0 Å². The summed E-state index contributed by atoms with van der Waals surface area (Å²) in [4.78, 5) is 8.22. The van der Waals surface area contributed by atoms with E-state index in [1.165, 1.54) is 32.7 Å². The number of rotatable bonds is 4. The zero-order valence-corrected chi connectivity index (χ0v) is 16.4. The minimum absolute atomic E-state index is 1.14. The van der Waals surface area contributed by atoms with Crippen LogP contribution in [0.25, 0.3) is 45.8 Å². The Morgan fingerprint density at radius 2 is 0.733 bits per heavy atom. The standard InChI is InChI=1S/C28H20N2/c1-2-6-24-23(5-1)27(11-9-21-13-17-29-18-14-21)25-7-3-4-8-26(25)28(24)12-10-22-15-19-30-20-16-22/h1-20H/b11-9+,12-10+. The summed E-state index contributed by atoms with van der Waals surface area (Å²) in [5, 5.41) is 4.98. The van der Waals surface area contributed by atoms with Crippen LogP contribution in [-0.2, 0) is 0 Å². The maximum atomic E-state index is 4.11. The predicted octanol–water partition coefficient (Wildman–Crippen LogP) is 7.12. The van der Waals surface area contributed by atoms with Crippen LogP contribution in [0.3, 0.4) is 0 Å². The molecule has 30 heavy (non-hydrogen) atoms. The zero-order chi connectivity index (χ0) is 20.2. The fourth-order valence-corrected chi connectivity index (χ4v) is 3.86. The first-order chi connectivity index (χ1) is 14.9. The first-order valence-electron chi connectivity index (χ1n) is 10.00. The van der Waals surface area contributed by atoms with Crippen LogP contribution in [-0.4, -0.2) is 9.97 Å². The van der Waals surface area contributed by atoms with Gasteiger partial charge in [0, 0.05) is 24.8 Å². The summed E-state index contributed by atoms with van der Waals surface area (Å²) >= 11 is 0. The van der Waals surface area contributed by atoms with Crippen LogP contribution in [0.4, 0.5) is 0 Å². The minimum atomic E-state index is 1.14. The van der Waals surface area contributed by atoms with Crippen LogP contribution in [0.5, 0.6) is 0 Å². The molecule has 2 aromatic heterocycles. The second-order valence-electron chi connectivity index (χ2n) is 7.15. The molecule has 5 rings (SSSR count). The molecular weight excluding hydrogens is 364 g/mol. The summed E-state index contributed by atoms with van der Waals surface area (Å²) in [7, 11) is 0. The van der Waals surface area contributed by atoms with Crippen molar-refractivity contribution in [3.8, 4) is 0 Å². The lowest BCUT2D eigenvalue weighted by molar-refractivity contribution is 1.32. The molecule has 0 saturated heterocycles. The molecule has 2 heteroatoms. The van der Waals surface area contributed by atoms with E-state index in [1.54, 1.807) is 0 Å². The van der Waals surface area contributed by atoms with Gasteiger partial charge in [0.15, 0.2) is 0 Å². The Labute approximate surface area is 175 Å². The summed E-state index contributed by atoms with van der Waals surface area (Å²) in [5.41, 5.74) is 4.75. The first kappa shape index (κ1) is 18.0. The molecule has 0 aliphatic carbocycles. The van der Waals surface area contributed by atoms with Crippen LogP contribution in [0.2, 0.25) is 0 Å². The molecular formula is C28H20N2. The van der Waals surface area contributed by atoms with Gasteiger partial charge >= 0.3 is 0 Å². The second kappa shape index (κ2) is 8.14. The van der Waals surface area contributed by atoms with E-state index >= 15 is 0 Å². The van der Waals surface area contributed by atoms with E-state index in [4.69, 9.17) is 0 Å². The molecule has 142 valence electrons. The average molecular weight is 384 g/mol. The van der Waals surface area contributed by atoms with E-state index < -0.39 is 0 Å². The molecule has 0 atom stereocenters. The van der Waals surface area contributed by atoms with Gasteiger partial charge in [-0.25, -0.2) is 0 Å². The highest BCUT2D eigenvalue weighted by Crippen LogP contribution is 2.35. The van der Waals surface area contributed by atoms with E-state index in [2.05, 4.69) is 82.8 Å². The van der Waals surface area contributed by atoms with E-state index in [1.807, 2.05) is 49.1 Å². The maximum Gasteiger partial charge on any atom is 0.0273 e. The first-order valence-corrected chi connectivity index (χ1v) is 10.00. The Bertz CT molecular complexity index is 1200. The topological polar surface area (TPSA) is 25.8 Å². The molecule has 0 spiro atoms. The van der Waals surface area contributed by atoms with Crippen molar-refractivity contribution in [1.29, 1.82) is 0 Å². The third-order valence-corrected chi connectivity index (χ3v) is 5.31. The third-order valence-electron chi connectivity index (χ3n) is 5.31. The van der Waals surface area contributed by atoms with Crippen LogP contribution >= 0.6 is 0 Å². The minimum Gasteiger partial charge on any atom is -0.265 e. The van der Waals surface area contributed by atoms with Crippen LogP contribution in [0.1, 0.15) is 22.3 Å². The SMILES string of the molecule is C(=C\c1c2ccccc2c(/C=C/c2ccncc2)c2ccccc12)/c1ccncc1. The van der Waals surface area contributed by atoms with E-state index in [0.29, 0.717) is 0 Å². The normalized spacial score (nSPS) is 11.7. The second-order valence-corrected chi connectivity index (χ2v) is 7.15. The van der Waals surface area contributed by atoms with Gasteiger partial charge in [-0.2, -0.15) is 0 Å². The number of benzene rings is 3. The molecule has 0 aliphatic rings. The fourth-order valence-electron chi connectivity index (χ4n) is 3.86. The van der Waals surface area contributed by atoms with E-state index in [0.717, 1.165) is 11.1 Å². The highest BCUT2D eigenvalue weighted by atomic mass is 14.6. The van der Waals surface area contributed by atoms with E-state index in [9.17, 15) is 0 Å². The van der Waals surface area contributed by atoms with Crippen molar-refractivity contribution in [2.45, 2.75) is 0 Å². The number of pyridine rings is 2. The van der Waals surface area contributed by atoms with Gasteiger partial charge in [0.05, 0.1) is 0 Å². The lowest BCUT2D eigenvalue weighted by Crippen LogP contribution is -1.88. The smallest absolute Gasteiger partial charge is 0.0273 e. The number of aromatic nitrogens is 2. The monoisotopic (exact) mass is 384 g/mol. The molecule has 3 aromatic carbocycles. The number of hydrogen-bond donors (Lipinski definition) is 0. The van der Waals surface area contributed by atoms with Gasteiger partial charge in [-0.1, -0.05) is 72.8 Å². The summed E-state index contributed by atoms with van der Waals surface area (Å²) in [6.45, 7) is 0. The van der Waals surface area contributed by atoms with Crippen LogP contribution < -0.4 is 0 Å². The fraction of sp³-hybridized carbons (Fsp3) is 0. The van der Waals surface area contributed by atoms with Crippen molar-refractivity contribution < 1.29 is 0 Å². The van der Waals surface area contributed by atoms with Gasteiger partial charge in [-0.15, -0.1) is 0 Å². The van der Waals surface area contributed by atoms with Crippen LogP contribution in [0, 0.1) is 0 Å². The Hall–Kier alpha value is -4.04. The Morgan fingerprint density at radius 1 is 0.400 bits per heavy atom. The molecule has 2 nitrogen and oxygen atoms in total. The maximum absolute atomic E-state index is 4.11. The zero-order valence-electron chi connectivity index (χ0n) is 16.4. The lowest BCUT2D eigenvalue weighted by Gasteiger charge is -2.13. The largest absolute Gasteiger partial charge is 0.265 e. The summed E-state index contributed by atoms with van der Waals surface area (Å²) in [5.74, 6) is 0. The molecule has 0 fully saturated rings. The summed E-state index contributed by atoms with van der Waals surface area (Å²) < 4.78 is 0. The van der Waals surface area contributed by atoms with Gasteiger partial charge in [0.1, 0.15) is 0 Å². The van der Waals surface area contributed by atoms with Crippen molar-refractivity contribution in [1.82, 2.24) is 9.97 Å². The van der Waals surface area contributed by atoms with Crippen LogP contribution in [0.15, 0.2) is 97.6 Å². The third kappa shape index (κ3) is 3.51. The molecule has 0 N–H and O–H groups in total. The molecule has 5 aromatic rings. The Kier molecular flexibility index (Phi) is 4.89. The number of nitrogens with zero attached hydrogens (tertiary/aromatic N) is 2. The highest BCUT2D eigenvalue weighted by molar-refractivity contribution is 6.14. The Balaban J connectivity index is 1.74. The quantitative estimate of drug-likeness (QED) is 0.308. The van der Waals surface area contributed by atoms with Gasteiger partial charge in [-0.05, 0) is 68.1 Å².